The van der Waals surface area contributed by atoms with E-state index in [1.807, 2.05) is 0 Å². The highest BCUT2D eigenvalue weighted by atomic mass is 19.1. The second-order valence-electron chi connectivity index (χ2n) is 3.09. The van der Waals surface area contributed by atoms with Gasteiger partial charge in [-0.05, 0) is 12.8 Å². The molecule has 0 unspecified atom stereocenters. The van der Waals surface area contributed by atoms with Gasteiger partial charge in [0, 0.05) is 12.3 Å². The first-order valence-electron chi connectivity index (χ1n) is 4.23. The minimum absolute atomic E-state index is 0.0279. The molecule has 0 bridgehead atoms. The van der Waals surface area contributed by atoms with Crippen LogP contribution >= 0.6 is 0 Å². The number of ether oxygens (including phenoxy) is 1. The van der Waals surface area contributed by atoms with Gasteiger partial charge in [0.1, 0.15) is 0 Å². The van der Waals surface area contributed by atoms with E-state index in [9.17, 15) is 9.18 Å². The summed E-state index contributed by atoms with van der Waals surface area (Å²) in [7, 11) is 0. The van der Waals surface area contributed by atoms with Crippen LogP contribution in [0, 0.1) is 5.82 Å². The molecule has 74 valence electrons. The molecule has 1 aliphatic rings. The number of hydrogen-bond acceptors (Lipinski definition) is 3. The van der Waals surface area contributed by atoms with Crippen LogP contribution in [0.4, 0.5) is 4.39 Å². The highest BCUT2D eigenvalue weighted by molar-refractivity contribution is 5.86. The average Bonchev–Trinajstić information content (AvgIpc) is 2.92. The van der Waals surface area contributed by atoms with Gasteiger partial charge < -0.3 is 9.84 Å². The number of halogens is 1. The highest BCUT2D eigenvalue weighted by Gasteiger charge is 2.26. The lowest BCUT2D eigenvalue weighted by Crippen LogP contribution is -2.07. The molecule has 2 rings (SSSR count). The van der Waals surface area contributed by atoms with Gasteiger partial charge in [-0.3, -0.25) is 0 Å². The fourth-order valence-electron chi connectivity index (χ4n) is 1.03. The molecule has 14 heavy (non-hydrogen) atoms. The summed E-state index contributed by atoms with van der Waals surface area (Å²) < 4.78 is 18.5. The van der Waals surface area contributed by atoms with Crippen molar-refractivity contribution < 1.29 is 19.0 Å². The molecule has 0 aliphatic heterocycles. The first-order chi connectivity index (χ1) is 6.68. The van der Waals surface area contributed by atoms with E-state index in [1.165, 1.54) is 12.3 Å². The van der Waals surface area contributed by atoms with E-state index in [2.05, 4.69) is 4.98 Å². The number of hydrogen-bond donors (Lipinski definition) is 1. The van der Waals surface area contributed by atoms with E-state index in [0.717, 1.165) is 12.8 Å². The summed E-state index contributed by atoms with van der Waals surface area (Å²) in [6, 6.07) is 1.33. The van der Waals surface area contributed by atoms with E-state index in [0.29, 0.717) is 0 Å². The van der Waals surface area contributed by atoms with Gasteiger partial charge in [-0.1, -0.05) is 0 Å². The van der Waals surface area contributed by atoms with E-state index >= 15 is 0 Å². The predicted molar refractivity (Wildman–Crippen MR) is 44.8 cm³/mol. The van der Waals surface area contributed by atoms with Crippen molar-refractivity contribution in [1.29, 1.82) is 0 Å². The normalized spacial score (nSPS) is 15.2. The van der Waals surface area contributed by atoms with Gasteiger partial charge in [-0.2, -0.15) is 0 Å². The lowest BCUT2D eigenvalue weighted by atomic mass is 10.3. The second kappa shape index (κ2) is 3.25. The van der Waals surface area contributed by atoms with Crippen LogP contribution in [0.15, 0.2) is 12.3 Å². The maximum Gasteiger partial charge on any atom is 0.357 e. The Kier molecular flexibility index (Phi) is 2.07. The van der Waals surface area contributed by atoms with Gasteiger partial charge >= 0.3 is 5.97 Å². The van der Waals surface area contributed by atoms with Crippen molar-refractivity contribution in [2.45, 2.75) is 18.9 Å². The topological polar surface area (TPSA) is 59.4 Å². The fraction of sp³-hybridized carbons (Fsp3) is 0.333. The fourth-order valence-corrected chi connectivity index (χ4v) is 1.03. The van der Waals surface area contributed by atoms with Crippen LogP contribution in [0.1, 0.15) is 23.3 Å². The van der Waals surface area contributed by atoms with Crippen molar-refractivity contribution in [2.75, 3.05) is 0 Å². The molecule has 0 amide bonds. The van der Waals surface area contributed by atoms with Crippen LogP contribution < -0.4 is 4.74 Å². The third-order valence-electron chi connectivity index (χ3n) is 1.87. The number of carbonyl (C=O) groups is 1. The molecule has 0 atom stereocenters. The molecule has 1 aromatic heterocycles. The zero-order chi connectivity index (χ0) is 10.1. The molecular formula is C9H8FNO3. The molecular weight excluding hydrogens is 189 g/mol. The van der Waals surface area contributed by atoms with Crippen LogP contribution in [0.3, 0.4) is 0 Å². The van der Waals surface area contributed by atoms with Crippen molar-refractivity contribution >= 4 is 5.97 Å². The number of rotatable bonds is 3. The number of nitrogens with zero attached hydrogens (tertiary/aromatic N) is 1. The van der Waals surface area contributed by atoms with E-state index < -0.39 is 17.5 Å². The first kappa shape index (κ1) is 8.93. The summed E-state index contributed by atoms with van der Waals surface area (Å²) in [6.45, 7) is 0. The van der Waals surface area contributed by atoms with Crippen molar-refractivity contribution in [1.82, 2.24) is 4.98 Å². The summed E-state index contributed by atoms with van der Waals surface area (Å²) in [5, 5.41) is 8.58. The van der Waals surface area contributed by atoms with Gasteiger partial charge in [-0.25, -0.2) is 14.2 Å². The smallest absolute Gasteiger partial charge is 0.357 e. The summed E-state index contributed by atoms with van der Waals surface area (Å²) in [4.78, 5) is 13.9. The molecule has 0 saturated heterocycles. The second-order valence-corrected chi connectivity index (χ2v) is 3.09. The highest BCUT2D eigenvalue weighted by Crippen LogP contribution is 2.28. The van der Waals surface area contributed by atoms with Crippen LogP contribution in [0.2, 0.25) is 0 Å². The van der Waals surface area contributed by atoms with Crippen molar-refractivity contribution in [3.63, 3.8) is 0 Å². The maximum atomic E-state index is 13.3. The molecule has 0 aromatic carbocycles. The van der Waals surface area contributed by atoms with Gasteiger partial charge in [0.05, 0.1) is 6.10 Å². The Labute approximate surface area is 79.3 Å². The van der Waals surface area contributed by atoms with E-state index in [-0.39, 0.29) is 11.9 Å². The minimum atomic E-state index is -1.39. The van der Waals surface area contributed by atoms with Crippen LogP contribution in [0.5, 0.6) is 5.75 Å². The monoisotopic (exact) mass is 197 g/mol. The number of carboxylic acid groups (broad SMARTS) is 1. The lowest BCUT2D eigenvalue weighted by molar-refractivity contribution is 0.0683. The number of carboxylic acids is 1. The summed E-state index contributed by atoms with van der Waals surface area (Å²) in [6.07, 6.45) is 3.05. The Bertz CT molecular complexity index is 376. The van der Waals surface area contributed by atoms with Crippen LogP contribution in [-0.4, -0.2) is 22.2 Å². The summed E-state index contributed by atoms with van der Waals surface area (Å²) >= 11 is 0. The summed E-state index contributed by atoms with van der Waals surface area (Å²) in [5.41, 5.74) is -0.594. The third-order valence-corrected chi connectivity index (χ3v) is 1.87. The molecule has 0 spiro atoms. The number of aromatic nitrogens is 1. The quantitative estimate of drug-likeness (QED) is 0.796. The lowest BCUT2D eigenvalue weighted by Gasteiger charge is -2.05. The van der Waals surface area contributed by atoms with Crippen molar-refractivity contribution in [2.24, 2.45) is 0 Å². The SMILES string of the molecule is O=C(O)c1nccc(OC2CC2)c1F. The van der Waals surface area contributed by atoms with Gasteiger partial charge in [0.2, 0.25) is 0 Å². The Morgan fingerprint density at radius 2 is 2.36 bits per heavy atom. The van der Waals surface area contributed by atoms with Gasteiger partial charge in [-0.15, -0.1) is 0 Å². The third kappa shape index (κ3) is 1.66. The summed E-state index contributed by atoms with van der Waals surface area (Å²) in [5.74, 6) is -2.31. The van der Waals surface area contributed by atoms with Gasteiger partial charge in [0.25, 0.3) is 0 Å². The molecule has 1 N–H and O–H groups in total. The Hall–Kier alpha value is -1.65. The molecule has 1 aliphatic carbocycles. The zero-order valence-corrected chi connectivity index (χ0v) is 7.24. The minimum Gasteiger partial charge on any atom is -0.487 e. The van der Waals surface area contributed by atoms with Crippen LogP contribution in [0.25, 0.3) is 0 Å². The molecule has 5 heteroatoms. The van der Waals surface area contributed by atoms with Crippen molar-refractivity contribution in [3.8, 4) is 5.75 Å². The number of pyridine rings is 1. The molecule has 4 nitrogen and oxygen atoms in total. The van der Waals surface area contributed by atoms with Crippen molar-refractivity contribution in [3.05, 3.63) is 23.8 Å². The average molecular weight is 197 g/mol. The first-order valence-corrected chi connectivity index (χ1v) is 4.23. The Morgan fingerprint density at radius 3 is 2.93 bits per heavy atom. The van der Waals surface area contributed by atoms with Gasteiger partial charge in [0.15, 0.2) is 17.3 Å². The molecule has 0 radical (unpaired) electrons. The van der Waals surface area contributed by atoms with Crippen LogP contribution in [-0.2, 0) is 0 Å². The van der Waals surface area contributed by atoms with E-state index in [1.54, 1.807) is 0 Å². The molecule has 1 heterocycles. The zero-order valence-electron chi connectivity index (χ0n) is 7.24. The number of aromatic carboxylic acids is 1. The molecule has 1 fully saturated rings. The Balaban J connectivity index is 2.30. The molecule has 1 aromatic rings. The standard InChI is InChI=1S/C9H8FNO3/c10-7-6(14-5-1-2-5)3-4-11-8(7)9(12)13/h3-5H,1-2H2,(H,12,13). The predicted octanol–water partition coefficient (Wildman–Crippen LogP) is 1.46. The molecule has 1 saturated carbocycles. The largest absolute Gasteiger partial charge is 0.487 e. The Morgan fingerprint density at radius 1 is 1.64 bits per heavy atom. The van der Waals surface area contributed by atoms with E-state index in [4.69, 9.17) is 9.84 Å². The maximum absolute atomic E-state index is 13.3.